The summed E-state index contributed by atoms with van der Waals surface area (Å²) in [5.74, 6) is -1.09. The van der Waals surface area contributed by atoms with Crippen LogP contribution in [0.3, 0.4) is 0 Å². The molecule has 0 radical (unpaired) electrons. The lowest BCUT2D eigenvalue weighted by molar-refractivity contribution is -0.147. The minimum Gasteiger partial charge on any atom is -0.497 e. The minimum atomic E-state index is -1.12. The lowest BCUT2D eigenvalue weighted by atomic mass is 10.0. The number of rotatable bonds is 10. The zero-order chi connectivity index (χ0) is 28.8. The molecule has 9 nitrogen and oxygen atoms in total. The average molecular weight is 569 g/mol. The van der Waals surface area contributed by atoms with Gasteiger partial charge in [0, 0.05) is 16.1 Å². The first-order chi connectivity index (χ1) is 19.9. The molecule has 1 unspecified atom stereocenters. The van der Waals surface area contributed by atoms with E-state index in [0.717, 1.165) is 5.56 Å². The summed E-state index contributed by atoms with van der Waals surface area (Å²) < 4.78 is 12.2. The van der Waals surface area contributed by atoms with E-state index in [2.05, 4.69) is 15.6 Å². The average Bonchev–Trinajstić information content (AvgIpc) is 3.43. The summed E-state index contributed by atoms with van der Waals surface area (Å²) in [5.41, 5.74) is 2.76. The van der Waals surface area contributed by atoms with E-state index < -0.39 is 17.9 Å². The topological polar surface area (TPSA) is 112 Å². The van der Waals surface area contributed by atoms with E-state index in [4.69, 9.17) is 21.1 Å². The molecule has 0 spiro atoms. The maximum absolute atomic E-state index is 13.8. The van der Waals surface area contributed by atoms with Gasteiger partial charge in [0.2, 0.25) is 5.91 Å². The molecule has 10 heteroatoms. The number of methoxy groups -OCH3 is 1. The Morgan fingerprint density at radius 3 is 2.41 bits per heavy atom. The molecule has 0 fully saturated rings. The van der Waals surface area contributed by atoms with Crippen molar-refractivity contribution in [3.63, 3.8) is 0 Å². The molecule has 0 aliphatic heterocycles. The van der Waals surface area contributed by atoms with Crippen molar-refractivity contribution in [1.29, 1.82) is 0 Å². The molecular weight excluding hydrogens is 544 g/mol. The maximum atomic E-state index is 13.8. The van der Waals surface area contributed by atoms with Crippen LogP contribution in [-0.2, 0) is 20.9 Å². The fourth-order valence-electron chi connectivity index (χ4n) is 4.28. The molecule has 5 rings (SSSR count). The van der Waals surface area contributed by atoms with E-state index in [0.29, 0.717) is 27.4 Å². The van der Waals surface area contributed by atoms with Crippen LogP contribution in [0.15, 0.2) is 97.1 Å². The van der Waals surface area contributed by atoms with Crippen LogP contribution in [0.2, 0.25) is 5.02 Å². The van der Waals surface area contributed by atoms with E-state index in [1.165, 1.54) is 11.8 Å². The SMILES string of the molecule is COc1ccc(NC(=O)C(CC(=O)OCc2ccccc2)n2nnc3ccccc32)c(C(=O)c2ccc(Cl)cc2)c1. The van der Waals surface area contributed by atoms with Crippen molar-refractivity contribution >= 4 is 46.0 Å². The maximum Gasteiger partial charge on any atom is 0.308 e. The van der Waals surface area contributed by atoms with Crippen molar-refractivity contribution in [2.75, 3.05) is 12.4 Å². The quantitative estimate of drug-likeness (QED) is 0.171. The number of ether oxygens (including phenoxy) is 2. The number of aromatic nitrogens is 3. The zero-order valence-corrected chi connectivity index (χ0v) is 22.7. The summed E-state index contributed by atoms with van der Waals surface area (Å²) >= 11 is 5.99. The molecule has 1 atom stereocenters. The first kappa shape index (κ1) is 27.5. The van der Waals surface area contributed by atoms with Gasteiger partial charge in [-0.25, -0.2) is 4.68 Å². The monoisotopic (exact) mass is 568 g/mol. The van der Waals surface area contributed by atoms with E-state index in [1.807, 2.05) is 30.3 Å². The summed E-state index contributed by atoms with van der Waals surface area (Å²) in [6.07, 6.45) is -0.317. The molecule has 1 heterocycles. The van der Waals surface area contributed by atoms with Gasteiger partial charge in [0.25, 0.3) is 0 Å². The number of amides is 1. The Morgan fingerprint density at radius 1 is 0.927 bits per heavy atom. The molecule has 0 saturated heterocycles. The highest BCUT2D eigenvalue weighted by Crippen LogP contribution is 2.28. The minimum absolute atomic E-state index is 0.0599. The normalized spacial score (nSPS) is 11.6. The highest BCUT2D eigenvalue weighted by Gasteiger charge is 2.29. The number of nitrogens with zero attached hydrogens (tertiary/aromatic N) is 3. The summed E-state index contributed by atoms with van der Waals surface area (Å²) in [6.45, 7) is 0.0599. The second-order valence-corrected chi connectivity index (χ2v) is 9.56. The Hall–Kier alpha value is -5.02. The molecule has 41 heavy (non-hydrogen) atoms. The number of para-hydroxylation sites is 1. The van der Waals surface area contributed by atoms with Crippen molar-refractivity contribution in [1.82, 2.24) is 15.0 Å². The highest BCUT2D eigenvalue weighted by molar-refractivity contribution is 6.30. The van der Waals surface area contributed by atoms with Gasteiger partial charge in [0.1, 0.15) is 23.9 Å². The van der Waals surface area contributed by atoms with Crippen LogP contribution in [-0.4, -0.2) is 39.8 Å². The Kier molecular flexibility index (Phi) is 8.36. The number of benzene rings is 4. The van der Waals surface area contributed by atoms with Crippen LogP contribution < -0.4 is 10.1 Å². The number of hydrogen-bond acceptors (Lipinski definition) is 7. The van der Waals surface area contributed by atoms with E-state index in [-0.39, 0.29) is 30.1 Å². The summed E-state index contributed by atoms with van der Waals surface area (Å²) in [7, 11) is 1.48. The van der Waals surface area contributed by atoms with Crippen LogP contribution in [0, 0.1) is 0 Å². The number of carbonyl (C=O) groups is 3. The molecule has 206 valence electrons. The van der Waals surface area contributed by atoms with Crippen LogP contribution in [0.4, 0.5) is 5.69 Å². The van der Waals surface area contributed by atoms with E-state index >= 15 is 0 Å². The van der Waals surface area contributed by atoms with Gasteiger partial charge in [-0.05, 0) is 60.2 Å². The second kappa shape index (κ2) is 12.4. The molecule has 1 aromatic heterocycles. The van der Waals surface area contributed by atoms with Crippen molar-refractivity contribution in [3.05, 3.63) is 119 Å². The molecule has 1 N–H and O–H groups in total. The van der Waals surface area contributed by atoms with Gasteiger partial charge in [-0.15, -0.1) is 5.10 Å². The number of esters is 1. The van der Waals surface area contributed by atoms with E-state index in [9.17, 15) is 14.4 Å². The highest BCUT2D eigenvalue weighted by atomic mass is 35.5. The van der Waals surface area contributed by atoms with Crippen molar-refractivity contribution < 1.29 is 23.9 Å². The third kappa shape index (κ3) is 6.42. The molecule has 4 aromatic carbocycles. The van der Waals surface area contributed by atoms with Gasteiger partial charge in [-0.3, -0.25) is 14.4 Å². The van der Waals surface area contributed by atoms with Gasteiger partial charge in [0.05, 0.1) is 24.7 Å². The molecule has 0 aliphatic carbocycles. The first-order valence-corrected chi connectivity index (χ1v) is 13.1. The van der Waals surface area contributed by atoms with Gasteiger partial charge < -0.3 is 14.8 Å². The molecule has 0 aliphatic rings. The Balaban J connectivity index is 1.45. The van der Waals surface area contributed by atoms with Crippen LogP contribution in [0.1, 0.15) is 33.9 Å². The van der Waals surface area contributed by atoms with Gasteiger partial charge in [-0.1, -0.05) is 59.3 Å². The third-order valence-corrected chi connectivity index (χ3v) is 6.67. The second-order valence-electron chi connectivity index (χ2n) is 9.13. The Morgan fingerprint density at radius 2 is 1.66 bits per heavy atom. The van der Waals surface area contributed by atoms with Crippen LogP contribution in [0.5, 0.6) is 5.75 Å². The fraction of sp³-hybridized carbons (Fsp3) is 0.129. The van der Waals surface area contributed by atoms with E-state index in [1.54, 1.807) is 66.7 Å². The van der Waals surface area contributed by atoms with Crippen molar-refractivity contribution in [3.8, 4) is 5.75 Å². The van der Waals surface area contributed by atoms with Gasteiger partial charge >= 0.3 is 5.97 Å². The van der Waals surface area contributed by atoms with Crippen LogP contribution >= 0.6 is 11.6 Å². The summed E-state index contributed by atoms with van der Waals surface area (Å²) in [6, 6.07) is 26.4. The number of halogens is 1. The van der Waals surface area contributed by atoms with Crippen molar-refractivity contribution in [2.24, 2.45) is 0 Å². The fourth-order valence-corrected chi connectivity index (χ4v) is 4.41. The number of hydrogen-bond donors (Lipinski definition) is 1. The molecular formula is C31H25ClN4O5. The molecule has 5 aromatic rings. The number of ketones is 1. The zero-order valence-electron chi connectivity index (χ0n) is 22.0. The predicted octanol–water partition coefficient (Wildman–Crippen LogP) is 5.64. The van der Waals surface area contributed by atoms with Gasteiger partial charge in [0.15, 0.2) is 5.78 Å². The van der Waals surface area contributed by atoms with Crippen LogP contribution in [0.25, 0.3) is 11.0 Å². The molecule has 0 saturated carbocycles. The first-order valence-electron chi connectivity index (χ1n) is 12.7. The van der Waals surface area contributed by atoms with Crippen molar-refractivity contribution in [2.45, 2.75) is 19.1 Å². The Bertz CT molecular complexity index is 1700. The molecule has 1 amide bonds. The summed E-state index contributed by atoms with van der Waals surface area (Å²) in [4.78, 5) is 40.2. The number of fused-ring (bicyclic) bond motifs is 1. The number of carbonyl (C=O) groups excluding carboxylic acids is 3. The Labute approximate surface area is 240 Å². The lowest BCUT2D eigenvalue weighted by Gasteiger charge is -2.19. The number of anilines is 1. The molecule has 0 bridgehead atoms. The smallest absolute Gasteiger partial charge is 0.308 e. The summed E-state index contributed by atoms with van der Waals surface area (Å²) in [5, 5.41) is 11.6. The lowest BCUT2D eigenvalue weighted by Crippen LogP contribution is -2.30. The van der Waals surface area contributed by atoms with Gasteiger partial charge in [-0.2, -0.15) is 0 Å². The predicted molar refractivity (Wildman–Crippen MR) is 154 cm³/mol. The third-order valence-electron chi connectivity index (χ3n) is 6.41. The number of nitrogens with one attached hydrogen (secondary N) is 1. The largest absolute Gasteiger partial charge is 0.497 e. The standard InChI is InChI=1S/C31H25ClN4O5/c1-40-23-15-16-25(24(17-23)30(38)21-11-13-22(32)14-12-21)33-31(39)28(36-27-10-6-5-9-26(27)34-35-36)18-29(37)41-19-20-7-3-2-4-8-20/h2-17,28H,18-19H2,1H3,(H,33,39).